The Balaban J connectivity index is 1.67. The lowest BCUT2D eigenvalue weighted by Crippen LogP contribution is -2.14. The zero-order valence-corrected chi connectivity index (χ0v) is 13.6. The highest BCUT2D eigenvalue weighted by Crippen LogP contribution is 2.21. The van der Waals surface area contributed by atoms with Crippen molar-refractivity contribution in [2.75, 3.05) is 13.2 Å². The zero-order valence-electron chi connectivity index (χ0n) is 13.6. The lowest BCUT2D eigenvalue weighted by Gasteiger charge is -2.10. The van der Waals surface area contributed by atoms with Gasteiger partial charge in [-0.15, -0.1) is 0 Å². The van der Waals surface area contributed by atoms with E-state index in [9.17, 15) is 9.59 Å². The van der Waals surface area contributed by atoms with Crippen LogP contribution in [0.15, 0.2) is 55.1 Å². The van der Waals surface area contributed by atoms with Gasteiger partial charge < -0.3 is 14.2 Å². The average molecular weight is 338 g/mol. The van der Waals surface area contributed by atoms with Crippen LogP contribution in [0, 0.1) is 0 Å². The minimum Gasteiger partial charge on any atom is -0.463 e. The van der Waals surface area contributed by atoms with Crippen molar-refractivity contribution in [1.29, 1.82) is 0 Å². The Bertz CT molecular complexity index is 792. The summed E-state index contributed by atoms with van der Waals surface area (Å²) in [6, 6.07) is 13.9. The number of carbonyl (C=O) groups is 2. The predicted molar refractivity (Wildman–Crippen MR) is 92.3 cm³/mol. The van der Waals surface area contributed by atoms with Crippen molar-refractivity contribution in [2.24, 2.45) is 0 Å². The van der Waals surface area contributed by atoms with Gasteiger partial charge in [0.15, 0.2) is 0 Å². The summed E-state index contributed by atoms with van der Waals surface area (Å²) < 4.78 is 15.6. The molecule has 1 aliphatic rings. The fraction of sp³-hybridized carbons (Fsp3) is 0.200. The Labute approximate surface area is 145 Å². The Morgan fingerprint density at radius 3 is 2.76 bits per heavy atom. The van der Waals surface area contributed by atoms with Crippen LogP contribution in [0.2, 0.25) is 0 Å². The van der Waals surface area contributed by atoms with Gasteiger partial charge in [0.05, 0.1) is 18.6 Å². The van der Waals surface area contributed by atoms with E-state index in [1.807, 2.05) is 6.07 Å². The molecule has 2 aromatic carbocycles. The summed E-state index contributed by atoms with van der Waals surface area (Å²) in [5.74, 6) is -0.528. The Hall–Kier alpha value is -2.92. The highest BCUT2D eigenvalue weighted by atomic mass is 16.6. The molecule has 5 nitrogen and oxygen atoms in total. The average Bonchev–Trinajstić information content (AvgIpc) is 3.46. The Kier molecular flexibility index (Phi) is 5.26. The van der Waals surface area contributed by atoms with E-state index in [1.165, 1.54) is 0 Å². The van der Waals surface area contributed by atoms with E-state index in [4.69, 9.17) is 14.2 Å². The maximum absolute atomic E-state index is 12.4. The molecule has 25 heavy (non-hydrogen) atoms. The maximum atomic E-state index is 12.4. The van der Waals surface area contributed by atoms with Crippen LogP contribution in [0.5, 0.6) is 5.75 Å². The van der Waals surface area contributed by atoms with Gasteiger partial charge in [-0.05, 0) is 23.8 Å². The van der Waals surface area contributed by atoms with Crippen molar-refractivity contribution >= 4 is 18.0 Å². The lowest BCUT2D eigenvalue weighted by atomic mass is 10.1. The van der Waals surface area contributed by atoms with E-state index in [1.54, 1.807) is 48.5 Å². The van der Waals surface area contributed by atoms with E-state index in [-0.39, 0.29) is 25.1 Å². The van der Waals surface area contributed by atoms with Gasteiger partial charge in [0.2, 0.25) is 0 Å². The van der Waals surface area contributed by atoms with Crippen LogP contribution in [0.1, 0.15) is 21.5 Å². The number of esters is 2. The predicted octanol–water partition coefficient (Wildman–Crippen LogP) is 3.03. The molecule has 1 heterocycles. The van der Waals surface area contributed by atoms with Crippen molar-refractivity contribution in [3.05, 3.63) is 71.8 Å². The molecule has 3 rings (SSSR count). The van der Waals surface area contributed by atoms with Crippen molar-refractivity contribution in [3.63, 3.8) is 0 Å². The first-order chi connectivity index (χ1) is 12.2. The van der Waals surface area contributed by atoms with E-state index in [0.29, 0.717) is 23.5 Å². The monoisotopic (exact) mass is 338 g/mol. The molecule has 5 heteroatoms. The van der Waals surface area contributed by atoms with E-state index < -0.39 is 5.97 Å². The molecule has 1 fully saturated rings. The molecule has 1 aliphatic heterocycles. The maximum Gasteiger partial charge on any atom is 0.343 e. The molecule has 0 amide bonds. The summed E-state index contributed by atoms with van der Waals surface area (Å²) in [6.45, 7) is 4.57. The van der Waals surface area contributed by atoms with E-state index in [0.717, 1.165) is 5.56 Å². The lowest BCUT2D eigenvalue weighted by molar-refractivity contribution is -0.143. The third kappa shape index (κ3) is 4.78. The largest absolute Gasteiger partial charge is 0.463 e. The van der Waals surface area contributed by atoms with Crippen LogP contribution in [0.25, 0.3) is 6.08 Å². The van der Waals surface area contributed by atoms with Crippen molar-refractivity contribution < 1.29 is 23.8 Å². The number of ether oxygens (including phenoxy) is 3. The van der Waals surface area contributed by atoms with Crippen molar-refractivity contribution in [3.8, 4) is 5.75 Å². The third-order valence-corrected chi connectivity index (χ3v) is 3.70. The first-order valence-corrected chi connectivity index (χ1v) is 7.95. The molecular formula is C20H18O5. The van der Waals surface area contributed by atoms with Crippen LogP contribution in [0.3, 0.4) is 0 Å². The summed E-state index contributed by atoms with van der Waals surface area (Å²) >= 11 is 0. The molecule has 0 N–H and O–H groups in total. The van der Waals surface area contributed by atoms with Gasteiger partial charge in [-0.3, -0.25) is 4.79 Å². The second-order valence-electron chi connectivity index (χ2n) is 5.64. The molecule has 1 atom stereocenters. The summed E-state index contributed by atoms with van der Waals surface area (Å²) in [5.41, 5.74) is 1.84. The van der Waals surface area contributed by atoms with Gasteiger partial charge in [0.25, 0.3) is 0 Å². The molecule has 128 valence electrons. The summed E-state index contributed by atoms with van der Waals surface area (Å²) in [6.07, 6.45) is 1.71. The first kappa shape index (κ1) is 16.9. The highest BCUT2D eigenvalue weighted by molar-refractivity contribution is 5.92. The molecular weight excluding hydrogens is 320 g/mol. The molecule has 0 radical (unpaired) electrons. The third-order valence-electron chi connectivity index (χ3n) is 3.70. The summed E-state index contributed by atoms with van der Waals surface area (Å²) in [7, 11) is 0. The Morgan fingerprint density at radius 2 is 2.00 bits per heavy atom. The van der Waals surface area contributed by atoms with Gasteiger partial charge >= 0.3 is 11.9 Å². The van der Waals surface area contributed by atoms with Crippen molar-refractivity contribution in [1.82, 2.24) is 0 Å². The highest BCUT2D eigenvalue weighted by Gasteiger charge is 2.24. The number of epoxide rings is 1. The summed E-state index contributed by atoms with van der Waals surface area (Å²) in [4.78, 5) is 24.3. The molecule has 0 saturated carbocycles. The number of hydrogen-bond donors (Lipinski definition) is 0. The zero-order chi connectivity index (χ0) is 17.6. The standard InChI is InChI=1S/C20H18O5/c1-2-14-6-5-8-16(10-14)20(22)25-18-9-4-3-7-15(18)11-19(21)24-13-17-12-23-17/h2-10,17H,1,11-13H2. The number of rotatable bonds is 7. The van der Waals surface area contributed by atoms with Crippen LogP contribution in [-0.4, -0.2) is 31.3 Å². The molecule has 2 aromatic rings. The van der Waals surface area contributed by atoms with Crippen LogP contribution in [-0.2, 0) is 20.7 Å². The van der Waals surface area contributed by atoms with Crippen molar-refractivity contribution in [2.45, 2.75) is 12.5 Å². The second kappa shape index (κ2) is 7.77. The second-order valence-corrected chi connectivity index (χ2v) is 5.64. The fourth-order valence-electron chi connectivity index (χ4n) is 2.26. The molecule has 0 bridgehead atoms. The number of hydrogen-bond acceptors (Lipinski definition) is 5. The van der Waals surface area contributed by atoms with Gasteiger partial charge in [0.1, 0.15) is 18.5 Å². The molecule has 0 aromatic heterocycles. The molecule has 0 spiro atoms. The van der Waals surface area contributed by atoms with Gasteiger partial charge in [0, 0.05) is 5.56 Å². The minimum atomic E-state index is -0.490. The molecule has 0 aliphatic carbocycles. The van der Waals surface area contributed by atoms with Crippen LogP contribution < -0.4 is 4.74 Å². The van der Waals surface area contributed by atoms with Gasteiger partial charge in [-0.2, -0.15) is 0 Å². The number of carbonyl (C=O) groups excluding carboxylic acids is 2. The normalized spacial score (nSPS) is 15.3. The molecule has 1 unspecified atom stereocenters. The van der Waals surface area contributed by atoms with Gasteiger partial charge in [-0.1, -0.05) is 43.0 Å². The quantitative estimate of drug-likeness (QED) is 0.441. The van der Waals surface area contributed by atoms with E-state index >= 15 is 0 Å². The Morgan fingerprint density at radius 1 is 1.20 bits per heavy atom. The number of benzene rings is 2. The number of para-hydroxylation sites is 1. The fourth-order valence-corrected chi connectivity index (χ4v) is 2.26. The first-order valence-electron chi connectivity index (χ1n) is 7.95. The molecule has 1 saturated heterocycles. The van der Waals surface area contributed by atoms with Gasteiger partial charge in [-0.25, -0.2) is 4.79 Å². The smallest absolute Gasteiger partial charge is 0.343 e. The topological polar surface area (TPSA) is 65.1 Å². The van der Waals surface area contributed by atoms with E-state index in [2.05, 4.69) is 6.58 Å². The van der Waals surface area contributed by atoms with Crippen LogP contribution in [0.4, 0.5) is 0 Å². The SMILES string of the molecule is C=Cc1cccc(C(=O)Oc2ccccc2CC(=O)OCC2CO2)c1. The van der Waals surface area contributed by atoms with Crippen LogP contribution >= 0.6 is 0 Å². The summed E-state index contributed by atoms with van der Waals surface area (Å²) in [5, 5.41) is 0. The minimum absolute atomic E-state index is 0.0224.